The van der Waals surface area contributed by atoms with E-state index in [1.165, 1.54) is 5.39 Å². The van der Waals surface area contributed by atoms with Crippen LogP contribution in [0.15, 0.2) is 48.8 Å². The molecule has 1 N–H and O–H groups in total. The normalized spacial score (nSPS) is 11.3. The molecule has 0 saturated carbocycles. The molecule has 4 rings (SSSR count). The summed E-state index contributed by atoms with van der Waals surface area (Å²) in [6.45, 7) is 4.53. The van der Waals surface area contributed by atoms with Gasteiger partial charge in [0.1, 0.15) is 11.3 Å². The van der Waals surface area contributed by atoms with Crippen LogP contribution in [0, 0.1) is 6.92 Å². The third kappa shape index (κ3) is 2.75. The van der Waals surface area contributed by atoms with Gasteiger partial charge in [0.2, 0.25) is 0 Å². The van der Waals surface area contributed by atoms with Crippen LogP contribution in [-0.4, -0.2) is 19.9 Å². The smallest absolute Gasteiger partial charge is 0.270 e. The monoisotopic (exact) mass is 346 g/mol. The number of aromatic nitrogens is 3. The van der Waals surface area contributed by atoms with Crippen molar-refractivity contribution in [1.29, 1.82) is 0 Å². The number of nitrogens with zero attached hydrogens (tertiary/aromatic N) is 3. The summed E-state index contributed by atoms with van der Waals surface area (Å²) >= 11 is 0. The second kappa shape index (κ2) is 6.33. The number of fused-ring (bicyclic) bond motifs is 2. The van der Waals surface area contributed by atoms with Crippen molar-refractivity contribution >= 4 is 22.5 Å². The third-order valence-electron chi connectivity index (χ3n) is 4.79. The summed E-state index contributed by atoms with van der Waals surface area (Å²) in [5.41, 5.74) is 5.60. The maximum atomic E-state index is 12.9. The van der Waals surface area contributed by atoms with Crippen LogP contribution >= 0.6 is 0 Å². The third-order valence-corrected chi connectivity index (χ3v) is 4.79. The molecule has 0 aliphatic rings. The number of imidazole rings is 1. The Morgan fingerprint density at radius 2 is 2.04 bits per heavy atom. The van der Waals surface area contributed by atoms with E-state index in [-0.39, 0.29) is 5.91 Å². The number of hydrogen-bond acceptors (Lipinski definition) is 2. The molecule has 0 radical (unpaired) electrons. The van der Waals surface area contributed by atoms with Gasteiger partial charge in [-0.05, 0) is 48.1 Å². The number of pyridine rings is 1. The van der Waals surface area contributed by atoms with E-state index in [2.05, 4.69) is 39.1 Å². The highest BCUT2D eigenvalue weighted by Gasteiger charge is 2.18. The molecular formula is C21H22N4O. The fraction of sp³-hybridized carbons (Fsp3) is 0.238. The Morgan fingerprint density at radius 1 is 1.19 bits per heavy atom. The highest BCUT2D eigenvalue weighted by Crippen LogP contribution is 2.18. The minimum Gasteiger partial charge on any atom is -0.351 e. The summed E-state index contributed by atoms with van der Waals surface area (Å²) in [5.74, 6) is -0.0908. The second-order valence-electron chi connectivity index (χ2n) is 6.70. The molecule has 4 aromatic rings. The van der Waals surface area contributed by atoms with E-state index in [1.54, 1.807) is 0 Å². The lowest BCUT2D eigenvalue weighted by atomic mass is 10.1. The molecule has 132 valence electrons. The van der Waals surface area contributed by atoms with Crippen LogP contribution in [0.3, 0.4) is 0 Å². The molecule has 26 heavy (non-hydrogen) atoms. The summed E-state index contributed by atoms with van der Waals surface area (Å²) in [7, 11) is 2.03. The van der Waals surface area contributed by atoms with E-state index in [0.717, 1.165) is 34.4 Å². The summed E-state index contributed by atoms with van der Waals surface area (Å²) in [6.07, 6.45) is 4.73. The first kappa shape index (κ1) is 16.4. The number of amides is 1. The first-order valence-electron chi connectivity index (χ1n) is 8.86. The number of hydrogen-bond donors (Lipinski definition) is 1. The van der Waals surface area contributed by atoms with Crippen LogP contribution in [0.1, 0.15) is 34.2 Å². The maximum Gasteiger partial charge on any atom is 0.270 e. The van der Waals surface area contributed by atoms with Gasteiger partial charge < -0.3 is 9.88 Å². The Balaban J connectivity index is 1.62. The number of aryl methyl sites for hydroxylation is 3. The molecule has 5 nitrogen and oxygen atoms in total. The van der Waals surface area contributed by atoms with Gasteiger partial charge in [-0.15, -0.1) is 0 Å². The van der Waals surface area contributed by atoms with Gasteiger partial charge in [-0.3, -0.25) is 9.20 Å². The zero-order chi connectivity index (χ0) is 18.3. The molecule has 0 aliphatic carbocycles. The van der Waals surface area contributed by atoms with Gasteiger partial charge in [-0.1, -0.05) is 25.1 Å². The number of benzene rings is 1. The predicted octanol–water partition coefficient (Wildman–Crippen LogP) is 3.63. The molecular weight excluding hydrogens is 324 g/mol. The molecule has 3 heterocycles. The van der Waals surface area contributed by atoms with E-state index in [0.29, 0.717) is 12.2 Å². The lowest BCUT2D eigenvalue weighted by Crippen LogP contribution is -2.25. The van der Waals surface area contributed by atoms with Crippen molar-refractivity contribution < 1.29 is 4.79 Å². The average Bonchev–Trinajstić information content (AvgIpc) is 3.19. The quantitative estimate of drug-likeness (QED) is 0.613. The average molecular weight is 346 g/mol. The zero-order valence-corrected chi connectivity index (χ0v) is 15.3. The molecule has 5 heteroatoms. The molecule has 0 saturated heterocycles. The number of carbonyl (C=O) groups is 1. The van der Waals surface area contributed by atoms with Crippen LogP contribution in [0.4, 0.5) is 0 Å². The molecule has 0 spiro atoms. The minimum absolute atomic E-state index is 0.0908. The van der Waals surface area contributed by atoms with E-state index in [1.807, 2.05) is 49.8 Å². The summed E-state index contributed by atoms with van der Waals surface area (Å²) < 4.78 is 3.98. The Bertz CT molecular complexity index is 1120. The Hall–Kier alpha value is -3.08. The Kier molecular flexibility index (Phi) is 3.99. The summed E-state index contributed by atoms with van der Waals surface area (Å²) in [5, 5.41) is 4.26. The van der Waals surface area contributed by atoms with Crippen LogP contribution in [-0.2, 0) is 20.0 Å². The van der Waals surface area contributed by atoms with E-state index >= 15 is 0 Å². The molecule has 0 aliphatic heterocycles. The predicted molar refractivity (Wildman–Crippen MR) is 103 cm³/mol. The summed E-state index contributed by atoms with van der Waals surface area (Å²) in [4.78, 5) is 17.5. The van der Waals surface area contributed by atoms with Crippen molar-refractivity contribution in [1.82, 2.24) is 19.3 Å². The number of nitrogens with one attached hydrogen (secondary N) is 1. The molecule has 3 aromatic heterocycles. The van der Waals surface area contributed by atoms with Crippen molar-refractivity contribution in [2.75, 3.05) is 0 Å². The first-order valence-corrected chi connectivity index (χ1v) is 8.86. The highest BCUT2D eigenvalue weighted by molar-refractivity contribution is 5.94. The van der Waals surface area contributed by atoms with Gasteiger partial charge in [0.15, 0.2) is 0 Å². The fourth-order valence-electron chi connectivity index (χ4n) is 3.37. The zero-order valence-electron chi connectivity index (χ0n) is 15.3. The highest BCUT2D eigenvalue weighted by atomic mass is 16.1. The molecule has 0 bridgehead atoms. The number of rotatable bonds is 4. The van der Waals surface area contributed by atoms with Gasteiger partial charge >= 0.3 is 0 Å². The minimum atomic E-state index is -0.0908. The van der Waals surface area contributed by atoms with Gasteiger partial charge in [-0.2, -0.15) is 0 Å². The first-order chi connectivity index (χ1) is 12.6. The molecule has 1 amide bonds. The van der Waals surface area contributed by atoms with Crippen molar-refractivity contribution in [2.24, 2.45) is 7.05 Å². The van der Waals surface area contributed by atoms with Crippen molar-refractivity contribution in [3.05, 3.63) is 71.3 Å². The van der Waals surface area contributed by atoms with Crippen LogP contribution in [0.2, 0.25) is 0 Å². The van der Waals surface area contributed by atoms with Crippen LogP contribution < -0.4 is 5.32 Å². The molecule has 0 fully saturated rings. The SMILES string of the molecule is CCc1nc2ccc(C)cn2c1C(=O)NCc1ccc2ccn(C)c2c1. The van der Waals surface area contributed by atoms with Crippen molar-refractivity contribution in [3.8, 4) is 0 Å². The van der Waals surface area contributed by atoms with Gasteiger partial charge in [0.05, 0.1) is 5.69 Å². The molecule has 0 atom stereocenters. The van der Waals surface area contributed by atoms with E-state index in [4.69, 9.17) is 0 Å². The van der Waals surface area contributed by atoms with Crippen molar-refractivity contribution in [2.45, 2.75) is 26.8 Å². The number of carbonyl (C=O) groups excluding carboxylic acids is 1. The fourth-order valence-corrected chi connectivity index (χ4v) is 3.37. The standard InChI is InChI=1S/C21H22N4O/c1-4-17-20(25-13-14(2)5-8-19(25)23-17)21(26)22-12-15-6-7-16-9-10-24(3)18(16)11-15/h5-11,13H,4,12H2,1-3H3,(H,22,26). The van der Waals surface area contributed by atoms with Gasteiger partial charge in [0.25, 0.3) is 5.91 Å². The summed E-state index contributed by atoms with van der Waals surface area (Å²) in [6, 6.07) is 12.3. The molecule has 0 unspecified atom stereocenters. The Labute approximate surface area is 152 Å². The molecule has 1 aromatic carbocycles. The lowest BCUT2D eigenvalue weighted by Gasteiger charge is -2.08. The maximum absolute atomic E-state index is 12.9. The van der Waals surface area contributed by atoms with E-state index < -0.39 is 0 Å². The van der Waals surface area contributed by atoms with Crippen molar-refractivity contribution in [3.63, 3.8) is 0 Å². The van der Waals surface area contributed by atoms with Gasteiger partial charge in [-0.25, -0.2) is 4.98 Å². The van der Waals surface area contributed by atoms with Crippen LogP contribution in [0.5, 0.6) is 0 Å². The van der Waals surface area contributed by atoms with E-state index in [9.17, 15) is 4.79 Å². The lowest BCUT2D eigenvalue weighted by molar-refractivity contribution is 0.0944. The van der Waals surface area contributed by atoms with Gasteiger partial charge in [0, 0.05) is 31.5 Å². The second-order valence-corrected chi connectivity index (χ2v) is 6.70. The van der Waals surface area contributed by atoms with Crippen LogP contribution in [0.25, 0.3) is 16.6 Å². The Morgan fingerprint density at radius 3 is 2.85 bits per heavy atom. The topological polar surface area (TPSA) is 51.3 Å². The largest absolute Gasteiger partial charge is 0.351 e.